The maximum atomic E-state index is 12.0. The van der Waals surface area contributed by atoms with E-state index in [9.17, 15) is 4.79 Å². The minimum absolute atomic E-state index is 0.0388. The summed E-state index contributed by atoms with van der Waals surface area (Å²) in [5.41, 5.74) is 2.23. The zero-order valence-corrected chi connectivity index (χ0v) is 13.1. The van der Waals surface area contributed by atoms with Crippen LogP contribution in [-0.4, -0.2) is 23.5 Å². The zero-order chi connectivity index (χ0) is 15.6. The van der Waals surface area contributed by atoms with Crippen molar-refractivity contribution in [2.24, 2.45) is 0 Å². The molecule has 1 atom stereocenters. The fraction of sp³-hybridized carbons (Fsp3) is 0.235. The molecule has 1 unspecified atom stereocenters. The van der Waals surface area contributed by atoms with E-state index >= 15 is 0 Å². The van der Waals surface area contributed by atoms with Crippen LogP contribution >= 0.6 is 11.9 Å². The van der Waals surface area contributed by atoms with Crippen LogP contribution in [0.1, 0.15) is 17.2 Å². The van der Waals surface area contributed by atoms with Crippen molar-refractivity contribution in [2.75, 3.05) is 12.4 Å². The van der Waals surface area contributed by atoms with Gasteiger partial charge in [0.05, 0.1) is 12.6 Å². The molecule has 2 amide bonds. The Balaban J connectivity index is 2.04. The molecule has 116 valence electrons. The number of carbonyl (C=O) groups excluding carboxylic acids is 1. The third-order valence-corrected chi connectivity index (χ3v) is 3.86. The molecular weight excluding hydrogens is 296 g/mol. The Hall–Kier alpha value is -1.98. The second kappa shape index (κ2) is 9.12. The van der Waals surface area contributed by atoms with Gasteiger partial charge in [-0.1, -0.05) is 60.7 Å². The maximum absolute atomic E-state index is 12.0. The molecule has 0 aliphatic rings. The number of urea groups is 1. The number of hydrogen-bond acceptors (Lipinski definition) is 3. The molecule has 0 saturated carbocycles. The van der Waals surface area contributed by atoms with Crippen LogP contribution in [0.2, 0.25) is 0 Å². The average Bonchev–Trinajstić information content (AvgIpc) is 2.56. The molecule has 0 aromatic heterocycles. The van der Waals surface area contributed by atoms with Crippen molar-refractivity contribution in [1.82, 2.24) is 10.0 Å². The lowest BCUT2D eigenvalue weighted by atomic mass is 9.99. The van der Waals surface area contributed by atoms with Crippen molar-refractivity contribution in [2.45, 2.75) is 12.5 Å². The summed E-state index contributed by atoms with van der Waals surface area (Å²) in [6, 6.07) is 19.6. The summed E-state index contributed by atoms with van der Waals surface area (Å²) in [6.07, 6.45) is 0.725. The highest BCUT2D eigenvalue weighted by atomic mass is 32.2. The maximum Gasteiger partial charge on any atom is 0.325 e. The first-order valence-corrected chi connectivity index (χ1v) is 8.16. The average molecular weight is 316 g/mol. The number of aliphatic hydroxyl groups excluding tert-OH is 1. The lowest BCUT2D eigenvalue weighted by Gasteiger charge is -2.19. The molecule has 22 heavy (non-hydrogen) atoms. The van der Waals surface area contributed by atoms with Crippen molar-refractivity contribution < 1.29 is 9.90 Å². The second-order valence-electron chi connectivity index (χ2n) is 4.80. The van der Waals surface area contributed by atoms with Gasteiger partial charge in [-0.15, -0.1) is 0 Å². The SMILES string of the molecule is O=C(NSCCO)NC(Cc1ccccc1)c1ccccc1. The molecule has 0 radical (unpaired) electrons. The summed E-state index contributed by atoms with van der Waals surface area (Å²) >= 11 is 1.19. The van der Waals surface area contributed by atoms with Crippen molar-refractivity contribution >= 4 is 18.0 Å². The molecule has 0 spiro atoms. The molecule has 0 aliphatic heterocycles. The molecule has 2 aromatic carbocycles. The van der Waals surface area contributed by atoms with E-state index in [0.29, 0.717) is 5.75 Å². The predicted octanol–water partition coefficient (Wildman–Crippen LogP) is 2.91. The van der Waals surface area contributed by atoms with E-state index in [0.717, 1.165) is 12.0 Å². The van der Waals surface area contributed by atoms with Crippen LogP contribution in [-0.2, 0) is 6.42 Å². The number of amides is 2. The van der Waals surface area contributed by atoms with Crippen LogP contribution in [0.25, 0.3) is 0 Å². The van der Waals surface area contributed by atoms with E-state index in [-0.39, 0.29) is 18.7 Å². The molecule has 4 nitrogen and oxygen atoms in total. The standard InChI is InChI=1S/C17H20N2O2S/c20-11-12-22-19-17(21)18-16(15-9-5-2-6-10-15)13-14-7-3-1-4-8-14/h1-10,16,20H,11-13H2,(H2,18,19,21). The molecule has 3 N–H and O–H groups in total. The Morgan fingerprint density at radius 3 is 2.32 bits per heavy atom. The number of aliphatic hydroxyl groups is 1. The Bertz CT molecular complexity index is 563. The van der Waals surface area contributed by atoms with Crippen LogP contribution in [0, 0.1) is 0 Å². The smallest absolute Gasteiger partial charge is 0.325 e. The van der Waals surface area contributed by atoms with Gasteiger partial charge in [0, 0.05) is 5.75 Å². The molecule has 0 fully saturated rings. The van der Waals surface area contributed by atoms with Crippen molar-refractivity contribution in [3.8, 4) is 0 Å². The Kier molecular flexibility index (Phi) is 6.80. The van der Waals surface area contributed by atoms with Crippen molar-refractivity contribution in [1.29, 1.82) is 0 Å². The normalized spacial score (nSPS) is 11.7. The summed E-state index contributed by atoms with van der Waals surface area (Å²) in [5, 5.41) is 11.7. The van der Waals surface area contributed by atoms with Crippen LogP contribution in [0.3, 0.4) is 0 Å². The minimum Gasteiger partial charge on any atom is -0.395 e. The Morgan fingerprint density at radius 1 is 1.05 bits per heavy atom. The Morgan fingerprint density at radius 2 is 1.68 bits per heavy atom. The largest absolute Gasteiger partial charge is 0.395 e. The fourth-order valence-corrected chi connectivity index (χ4v) is 2.52. The number of rotatable bonds is 7. The molecule has 0 heterocycles. The summed E-state index contributed by atoms with van der Waals surface area (Å²) < 4.78 is 2.68. The summed E-state index contributed by atoms with van der Waals surface area (Å²) in [5.74, 6) is 0.474. The highest BCUT2D eigenvalue weighted by Gasteiger charge is 2.15. The number of hydrogen-bond donors (Lipinski definition) is 3. The highest BCUT2D eigenvalue weighted by molar-refractivity contribution is 7.97. The van der Waals surface area contributed by atoms with Crippen LogP contribution in [0.5, 0.6) is 0 Å². The van der Waals surface area contributed by atoms with E-state index < -0.39 is 0 Å². The van der Waals surface area contributed by atoms with Crippen LogP contribution in [0.4, 0.5) is 4.79 Å². The topological polar surface area (TPSA) is 61.4 Å². The number of nitrogens with one attached hydrogen (secondary N) is 2. The zero-order valence-electron chi connectivity index (χ0n) is 12.2. The molecule has 5 heteroatoms. The van der Waals surface area contributed by atoms with Gasteiger partial charge in [-0.25, -0.2) is 4.79 Å². The third-order valence-electron chi connectivity index (χ3n) is 3.15. The van der Waals surface area contributed by atoms with E-state index in [1.807, 2.05) is 48.5 Å². The fourth-order valence-electron chi connectivity index (χ4n) is 2.14. The van der Waals surface area contributed by atoms with E-state index in [2.05, 4.69) is 22.2 Å². The molecule has 2 rings (SSSR count). The lowest BCUT2D eigenvalue weighted by molar-refractivity contribution is 0.242. The molecule has 0 aliphatic carbocycles. The lowest BCUT2D eigenvalue weighted by Crippen LogP contribution is -2.36. The number of benzene rings is 2. The van der Waals surface area contributed by atoms with Gasteiger partial charge in [-0.3, -0.25) is 4.72 Å². The molecular formula is C17H20N2O2S. The van der Waals surface area contributed by atoms with Gasteiger partial charge in [-0.05, 0) is 29.5 Å². The van der Waals surface area contributed by atoms with Gasteiger partial charge >= 0.3 is 6.03 Å². The molecule has 0 saturated heterocycles. The van der Waals surface area contributed by atoms with Gasteiger partial charge in [0.2, 0.25) is 0 Å². The summed E-state index contributed by atoms with van der Waals surface area (Å²) in [7, 11) is 0. The van der Waals surface area contributed by atoms with Gasteiger partial charge < -0.3 is 10.4 Å². The van der Waals surface area contributed by atoms with E-state index in [4.69, 9.17) is 5.11 Å². The van der Waals surface area contributed by atoms with Gasteiger partial charge in [0.1, 0.15) is 0 Å². The van der Waals surface area contributed by atoms with Gasteiger partial charge in [0.25, 0.3) is 0 Å². The van der Waals surface area contributed by atoms with E-state index in [1.54, 1.807) is 0 Å². The third kappa shape index (κ3) is 5.42. The van der Waals surface area contributed by atoms with Gasteiger partial charge in [-0.2, -0.15) is 0 Å². The molecule has 0 bridgehead atoms. The summed E-state index contributed by atoms with van der Waals surface area (Å²) in [6.45, 7) is 0.0388. The van der Waals surface area contributed by atoms with Crippen LogP contribution < -0.4 is 10.0 Å². The first kappa shape index (κ1) is 16.4. The van der Waals surface area contributed by atoms with Gasteiger partial charge in [0.15, 0.2) is 0 Å². The first-order valence-electron chi connectivity index (χ1n) is 7.17. The van der Waals surface area contributed by atoms with Crippen molar-refractivity contribution in [3.05, 3.63) is 71.8 Å². The quantitative estimate of drug-likeness (QED) is 0.544. The van der Waals surface area contributed by atoms with Crippen molar-refractivity contribution in [3.63, 3.8) is 0 Å². The number of carbonyl (C=O) groups is 1. The highest BCUT2D eigenvalue weighted by Crippen LogP contribution is 2.18. The molecule has 2 aromatic rings. The first-order chi connectivity index (χ1) is 10.8. The predicted molar refractivity (Wildman–Crippen MR) is 90.5 cm³/mol. The Labute approximate surface area is 135 Å². The minimum atomic E-state index is -0.247. The van der Waals surface area contributed by atoms with Crippen LogP contribution in [0.15, 0.2) is 60.7 Å². The summed E-state index contributed by atoms with van der Waals surface area (Å²) in [4.78, 5) is 12.0. The monoisotopic (exact) mass is 316 g/mol. The van der Waals surface area contributed by atoms with E-state index in [1.165, 1.54) is 17.5 Å². The second-order valence-corrected chi connectivity index (χ2v) is 5.70.